The van der Waals surface area contributed by atoms with Crippen molar-refractivity contribution in [1.29, 1.82) is 0 Å². The highest BCUT2D eigenvalue weighted by molar-refractivity contribution is 5.94. The number of fused-ring (bicyclic) bond motifs is 1. The van der Waals surface area contributed by atoms with Crippen LogP contribution in [0.4, 0.5) is 17.6 Å². The molecular formula is C15H10F4N4O2. The molecule has 1 amide bonds. The Morgan fingerprint density at radius 2 is 2.04 bits per heavy atom. The predicted molar refractivity (Wildman–Crippen MR) is 77.2 cm³/mol. The molecule has 2 aromatic heterocycles. The van der Waals surface area contributed by atoms with Gasteiger partial charge in [0, 0.05) is 23.9 Å². The van der Waals surface area contributed by atoms with Crippen molar-refractivity contribution in [1.82, 2.24) is 20.1 Å². The van der Waals surface area contributed by atoms with E-state index in [-0.39, 0.29) is 12.1 Å². The Hall–Kier alpha value is -3.17. The summed E-state index contributed by atoms with van der Waals surface area (Å²) in [6, 6.07) is 5.92. The van der Waals surface area contributed by atoms with Crippen molar-refractivity contribution in [2.45, 2.75) is 12.9 Å². The summed E-state index contributed by atoms with van der Waals surface area (Å²) >= 11 is 0. The van der Waals surface area contributed by atoms with Gasteiger partial charge in [-0.2, -0.15) is 14.8 Å². The number of carbonyl (C=O) groups is 1. The fourth-order valence-electron chi connectivity index (χ4n) is 2.15. The third-order valence-electron chi connectivity index (χ3n) is 3.24. The Morgan fingerprint density at radius 1 is 1.24 bits per heavy atom. The van der Waals surface area contributed by atoms with Crippen molar-refractivity contribution in [3.05, 3.63) is 59.7 Å². The number of rotatable bonds is 4. The monoisotopic (exact) mass is 354 g/mol. The molecule has 0 saturated carbocycles. The molecule has 3 aromatic rings. The number of nitrogens with zero attached hydrogens (tertiary/aromatic N) is 3. The van der Waals surface area contributed by atoms with Crippen LogP contribution in [-0.2, 0) is 6.54 Å². The van der Waals surface area contributed by atoms with E-state index in [0.717, 1.165) is 12.1 Å². The molecule has 0 unspecified atom stereocenters. The van der Waals surface area contributed by atoms with Crippen LogP contribution in [0.25, 0.3) is 5.52 Å². The summed E-state index contributed by atoms with van der Waals surface area (Å²) in [6.07, 6.45) is -1.94. The molecule has 1 aromatic carbocycles. The standard InChI is InChI=1S/C15H10F4N4O2/c16-11-6-9(3-4-13(11)25-15(17,18)19)14(24)20-7-10-8-22-23-12(10)2-1-5-21-23/h1-6,8H,7H2,(H,20,24). The number of aromatic nitrogens is 3. The van der Waals surface area contributed by atoms with E-state index in [1.165, 1.54) is 10.8 Å². The Balaban J connectivity index is 1.70. The van der Waals surface area contributed by atoms with Gasteiger partial charge in [-0.1, -0.05) is 0 Å². The zero-order valence-electron chi connectivity index (χ0n) is 12.4. The van der Waals surface area contributed by atoms with Gasteiger partial charge in [0.1, 0.15) is 0 Å². The quantitative estimate of drug-likeness (QED) is 0.732. The maximum Gasteiger partial charge on any atom is 0.573 e. The SMILES string of the molecule is O=C(NCc1cnn2ncccc12)c1ccc(OC(F)(F)F)c(F)c1. The Kier molecular flexibility index (Phi) is 4.26. The van der Waals surface area contributed by atoms with Gasteiger partial charge in [0.15, 0.2) is 11.6 Å². The van der Waals surface area contributed by atoms with E-state index in [1.807, 2.05) is 0 Å². The lowest BCUT2D eigenvalue weighted by molar-refractivity contribution is -0.275. The van der Waals surface area contributed by atoms with Crippen molar-refractivity contribution < 1.29 is 27.1 Å². The van der Waals surface area contributed by atoms with E-state index >= 15 is 0 Å². The van der Waals surface area contributed by atoms with Crippen molar-refractivity contribution in [3.63, 3.8) is 0 Å². The van der Waals surface area contributed by atoms with E-state index in [1.54, 1.807) is 18.3 Å². The Morgan fingerprint density at radius 3 is 2.76 bits per heavy atom. The highest BCUT2D eigenvalue weighted by atomic mass is 19.4. The first-order valence-electron chi connectivity index (χ1n) is 6.95. The molecule has 0 spiro atoms. The Bertz CT molecular complexity index is 923. The van der Waals surface area contributed by atoms with Crippen molar-refractivity contribution in [3.8, 4) is 5.75 Å². The van der Waals surface area contributed by atoms with Gasteiger partial charge >= 0.3 is 6.36 Å². The average Bonchev–Trinajstić information content (AvgIpc) is 2.96. The number of alkyl halides is 3. The second-order valence-corrected chi connectivity index (χ2v) is 4.94. The van der Waals surface area contributed by atoms with E-state index < -0.39 is 23.8 Å². The molecule has 0 aliphatic rings. The first kappa shape index (κ1) is 16.7. The summed E-state index contributed by atoms with van der Waals surface area (Å²) in [5.74, 6) is -2.94. The maximum atomic E-state index is 13.6. The van der Waals surface area contributed by atoms with Gasteiger partial charge in [0.25, 0.3) is 5.91 Å². The molecular weight excluding hydrogens is 344 g/mol. The molecule has 10 heteroatoms. The minimum atomic E-state index is -5.01. The summed E-state index contributed by atoms with van der Waals surface area (Å²) in [7, 11) is 0. The van der Waals surface area contributed by atoms with Crippen LogP contribution >= 0.6 is 0 Å². The topological polar surface area (TPSA) is 68.5 Å². The van der Waals surface area contributed by atoms with Crippen molar-refractivity contribution in [2.24, 2.45) is 0 Å². The fraction of sp³-hybridized carbons (Fsp3) is 0.133. The number of carbonyl (C=O) groups excluding carboxylic acids is 1. The van der Waals surface area contributed by atoms with Crippen molar-refractivity contribution >= 4 is 11.4 Å². The van der Waals surface area contributed by atoms with Crippen LogP contribution in [0, 0.1) is 5.82 Å². The lowest BCUT2D eigenvalue weighted by Gasteiger charge is -2.10. The normalized spacial score (nSPS) is 11.5. The molecule has 0 aliphatic heterocycles. The van der Waals surface area contributed by atoms with Gasteiger partial charge < -0.3 is 10.1 Å². The van der Waals surface area contributed by atoms with Gasteiger partial charge in [0.2, 0.25) is 0 Å². The van der Waals surface area contributed by atoms with Crippen LogP contribution in [0.5, 0.6) is 5.75 Å². The summed E-state index contributed by atoms with van der Waals surface area (Å²) in [5.41, 5.74) is 1.23. The van der Waals surface area contributed by atoms with E-state index in [9.17, 15) is 22.4 Å². The van der Waals surface area contributed by atoms with Crippen LogP contribution in [0.2, 0.25) is 0 Å². The van der Waals surface area contributed by atoms with Gasteiger partial charge in [0.05, 0.1) is 11.7 Å². The second kappa shape index (κ2) is 6.38. The first-order valence-corrected chi connectivity index (χ1v) is 6.95. The number of benzene rings is 1. The molecule has 0 atom stereocenters. The maximum absolute atomic E-state index is 13.6. The number of amides is 1. The number of halogens is 4. The largest absolute Gasteiger partial charge is 0.573 e. The summed E-state index contributed by atoms with van der Waals surface area (Å²) in [4.78, 5) is 12.0. The second-order valence-electron chi connectivity index (χ2n) is 4.94. The number of hydrogen-bond donors (Lipinski definition) is 1. The van der Waals surface area contributed by atoms with E-state index in [0.29, 0.717) is 17.1 Å². The number of nitrogens with one attached hydrogen (secondary N) is 1. The molecule has 25 heavy (non-hydrogen) atoms. The lowest BCUT2D eigenvalue weighted by atomic mass is 10.2. The average molecular weight is 354 g/mol. The summed E-state index contributed by atoms with van der Waals surface area (Å²) < 4.78 is 54.8. The van der Waals surface area contributed by atoms with Crippen LogP contribution in [0.3, 0.4) is 0 Å². The zero-order valence-corrected chi connectivity index (χ0v) is 12.4. The molecule has 0 radical (unpaired) electrons. The number of ether oxygens (including phenoxy) is 1. The molecule has 130 valence electrons. The van der Waals surface area contributed by atoms with E-state index in [4.69, 9.17) is 0 Å². The smallest absolute Gasteiger partial charge is 0.403 e. The van der Waals surface area contributed by atoms with Crippen LogP contribution in [0.15, 0.2) is 42.7 Å². The molecule has 0 aliphatic carbocycles. The van der Waals surface area contributed by atoms with Crippen LogP contribution in [-0.4, -0.2) is 27.1 Å². The highest BCUT2D eigenvalue weighted by Gasteiger charge is 2.32. The summed E-state index contributed by atoms with van der Waals surface area (Å²) in [5, 5.41) is 10.5. The third kappa shape index (κ3) is 3.84. The first-order chi connectivity index (χ1) is 11.8. The van der Waals surface area contributed by atoms with E-state index in [2.05, 4.69) is 20.3 Å². The summed E-state index contributed by atoms with van der Waals surface area (Å²) in [6.45, 7) is 0.0937. The molecule has 1 N–H and O–H groups in total. The molecule has 0 bridgehead atoms. The van der Waals surface area contributed by atoms with Gasteiger partial charge in [-0.15, -0.1) is 13.2 Å². The predicted octanol–water partition coefficient (Wildman–Crippen LogP) is 2.70. The highest BCUT2D eigenvalue weighted by Crippen LogP contribution is 2.26. The van der Waals surface area contributed by atoms with Gasteiger partial charge in [-0.25, -0.2) is 4.39 Å². The zero-order chi connectivity index (χ0) is 18.0. The van der Waals surface area contributed by atoms with Crippen molar-refractivity contribution in [2.75, 3.05) is 0 Å². The third-order valence-corrected chi connectivity index (χ3v) is 3.24. The fourth-order valence-corrected chi connectivity index (χ4v) is 2.15. The lowest BCUT2D eigenvalue weighted by Crippen LogP contribution is -2.23. The molecule has 0 fully saturated rings. The number of hydrogen-bond acceptors (Lipinski definition) is 4. The van der Waals surface area contributed by atoms with Crippen LogP contribution in [0.1, 0.15) is 15.9 Å². The molecule has 3 rings (SSSR count). The molecule has 6 nitrogen and oxygen atoms in total. The van der Waals surface area contributed by atoms with Gasteiger partial charge in [-0.05, 0) is 30.3 Å². The molecule has 2 heterocycles. The Labute approximate surface area is 138 Å². The van der Waals surface area contributed by atoms with Crippen LogP contribution < -0.4 is 10.1 Å². The minimum absolute atomic E-state index is 0.0937. The minimum Gasteiger partial charge on any atom is -0.403 e. The molecule has 0 saturated heterocycles. The van der Waals surface area contributed by atoms with Gasteiger partial charge in [-0.3, -0.25) is 4.79 Å².